The number of hydrogen-bond acceptors (Lipinski definition) is 2. The molecule has 0 N–H and O–H groups in total. The smallest absolute Gasteiger partial charge is 0.228 e. The molecule has 2 heterocycles. The topological polar surface area (TPSA) is 33.2 Å². The zero-order valence-electron chi connectivity index (χ0n) is 7.98. The molecule has 1 unspecified atom stereocenters. The standard InChI is InChI=1S/C11H9BrN2O/c1-2-8-5-11(15)14(7-8)10-3-4-13-6-9(10)12/h1,3-4,6,8H,5,7H2. The number of rotatable bonds is 1. The van der Waals surface area contributed by atoms with Crippen molar-refractivity contribution in [1.82, 2.24) is 4.98 Å². The van der Waals surface area contributed by atoms with Gasteiger partial charge in [0.05, 0.1) is 10.2 Å². The first-order chi connectivity index (χ1) is 7.22. The van der Waals surface area contributed by atoms with Gasteiger partial charge in [-0.25, -0.2) is 0 Å². The minimum Gasteiger partial charge on any atom is -0.310 e. The molecule has 1 aliphatic heterocycles. The molecule has 1 fully saturated rings. The van der Waals surface area contributed by atoms with Crippen molar-refractivity contribution in [2.45, 2.75) is 6.42 Å². The summed E-state index contributed by atoms with van der Waals surface area (Å²) in [7, 11) is 0. The number of anilines is 1. The number of amides is 1. The molecule has 1 aromatic rings. The third-order valence-electron chi connectivity index (χ3n) is 2.40. The highest BCUT2D eigenvalue weighted by Crippen LogP contribution is 2.30. The van der Waals surface area contributed by atoms with Gasteiger partial charge in [-0.3, -0.25) is 9.78 Å². The largest absolute Gasteiger partial charge is 0.310 e. The third kappa shape index (κ3) is 1.88. The number of nitrogens with zero attached hydrogens (tertiary/aromatic N) is 2. The van der Waals surface area contributed by atoms with E-state index in [2.05, 4.69) is 26.8 Å². The van der Waals surface area contributed by atoms with E-state index < -0.39 is 0 Å². The predicted octanol–water partition coefficient (Wildman–Crippen LogP) is 1.83. The molecule has 1 amide bonds. The molecule has 76 valence electrons. The van der Waals surface area contributed by atoms with Crippen LogP contribution in [0.1, 0.15) is 6.42 Å². The van der Waals surface area contributed by atoms with Crippen molar-refractivity contribution in [1.29, 1.82) is 0 Å². The van der Waals surface area contributed by atoms with E-state index in [0.717, 1.165) is 10.2 Å². The molecule has 1 aliphatic rings. The van der Waals surface area contributed by atoms with Gasteiger partial charge in [-0.15, -0.1) is 12.3 Å². The Morgan fingerprint density at radius 2 is 2.47 bits per heavy atom. The normalized spacial score (nSPS) is 20.4. The molecule has 0 spiro atoms. The molecule has 0 aromatic carbocycles. The molecule has 2 rings (SSSR count). The van der Waals surface area contributed by atoms with E-state index >= 15 is 0 Å². The lowest BCUT2D eigenvalue weighted by Gasteiger charge is -2.16. The van der Waals surface area contributed by atoms with E-state index in [4.69, 9.17) is 6.42 Å². The highest BCUT2D eigenvalue weighted by Gasteiger charge is 2.30. The quantitative estimate of drug-likeness (QED) is 0.726. The van der Waals surface area contributed by atoms with Gasteiger partial charge in [0.15, 0.2) is 0 Å². The lowest BCUT2D eigenvalue weighted by atomic mass is 10.1. The van der Waals surface area contributed by atoms with Crippen LogP contribution in [0, 0.1) is 18.3 Å². The number of carbonyl (C=O) groups is 1. The monoisotopic (exact) mass is 264 g/mol. The zero-order chi connectivity index (χ0) is 10.8. The van der Waals surface area contributed by atoms with Gasteiger partial charge in [0.25, 0.3) is 0 Å². The van der Waals surface area contributed by atoms with E-state index in [-0.39, 0.29) is 11.8 Å². The molecule has 4 heteroatoms. The van der Waals surface area contributed by atoms with E-state index in [1.54, 1.807) is 23.4 Å². The van der Waals surface area contributed by atoms with Gasteiger partial charge in [0.2, 0.25) is 5.91 Å². The van der Waals surface area contributed by atoms with Crippen LogP contribution < -0.4 is 4.90 Å². The second-order valence-corrected chi connectivity index (χ2v) is 4.25. The average molecular weight is 265 g/mol. The molecule has 0 bridgehead atoms. The molecule has 1 atom stereocenters. The first-order valence-electron chi connectivity index (χ1n) is 4.58. The number of carbonyl (C=O) groups excluding carboxylic acids is 1. The van der Waals surface area contributed by atoms with Gasteiger partial charge in [-0.05, 0) is 22.0 Å². The van der Waals surface area contributed by atoms with Crippen molar-refractivity contribution in [3.05, 3.63) is 22.9 Å². The summed E-state index contributed by atoms with van der Waals surface area (Å²) in [4.78, 5) is 17.3. The number of pyridine rings is 1. The molecule has 1 aromatic heterocycles. The van der Waals surface area contributed by atoms with Crippen LogP contribution in [0.25, 0.3) is 0 Å². The first kappa shape index (κ1) is 10.2. The molecule has 0 aliphatic carbocycles. The second-order valence-electron chi connectivity index (χ2n) is 3.40. The van der Waals surface area contributed by atoms with Crippen LogP contribution in [0.4, 0.5) is 5.69 Å². The van der Waals surface area contributed by atoms with Crippen LogP contribution in [0.5, 0.6) is 0 Å². The highest BCUT2D eigenvalue weighted by atomic mass is 79.9. The van der Waals surface area contributed by atoms with E-state index in [0.29, 0.717) is 13.0 Å². The highest BCUT2D eigenvalue weighted by molar-refractivity contribution is 9.10. The van der Waals surface area contributed by atoms with Crippen molar-refractivity contribution >= 4 is 27.5 Å². The van der Waals surface area contributed by atoms with Crippen LogP contribution in [0.2, 0.25) is 0 Å². The number of halogens is 1. The van der Waals surface area contributed by atoms with E-state index in [1.165, 1.54) is 0 Å². The maximum Gasteiger partial charge on any atom is 0.228 e. The minimum absolute atomic E-state index is 0.0255. The molecule has 0 radical (unpaired) electrons. The zero-order valence-corrected chi connectivity index (χ0v) is 9.57. The summed E-state index contributed by atoms with van der Waals surface area (Å²) in [6.45, 7) is 0.595. The van der Waals surface area contributed by atoms with Crippen molar-refractivity contribution < 1.29 is 4.79 Å². The lowest BCUT2D eigenvalue weighted by Crippen LogP contribution is -2.24. The summed E-state index contributed by atoms with van der Waals surface area (Å²) < 4.78 is 0.816. The van der Waals surface area contributed by atoms with Crippen molar-refractivity contribution in [3.63, 3.8) is 0 Å². The fourth-order valence-corrected chi connectivity index (χ4v) is 2.10. The Morgan fingerprint density at radius 1 is 1.67 bits per heavy atom. The van der Waals surface area contributed by atoms with E-state index in [1.807, 2.05) is 0 Å². The number of aromatic nitrogens is 1. The molecule has 1 saturated heterocycles. The molecule has 0 saturated carbocycles. The van der Waals surface area contributed by atoms with E-state index in [9.17, 15) is 4.79 Å². The van der Waals surface area contributed by atoms with Gasteiger partial charge >= 0.3 is 0 Å². The summed E-state index contributed by atoms with van der Waals surface area (Å²) in [5.74, 6) is 2.72. The first-order valence-corrected chi connectivity index (χ1v) is 5.37. The van der Waals surface area contributed by atoms with Gasteiger partial charge in [0.1, 0.15) is 0 Å². The SMILES string of the molecule is C#CC1CC(=O)N(c2ccncc2Br)C1. The Balaban J connectivity index is 2.30. The van der Waals surface area contributed by atoms with Crippen LogP contribution >= 0.6 is 15.9 Å². The van der Waals surface area contributed by atoms with Gasteiger partial charge in [0, 0.05) is 31.3 Å². The fraction of sp³-hybridized carbons (Fsp3) is 0.273. The van der Waals surface area contributed by atoms with Crippen molar-refractivity contribution in [2.75, 3.05) is 11.4 Å². The van der Waals surface area contributed by atoms with Crippen LogP contribution in [-0.2, 0) is 4.79 Å². The van der Waals surface area contributed by atoms with Crippen molar-refractivity contribution in [3.8, 4) is 12.3 Å². The van der Waals surface area contributed by atoms with Crippen LogP contribution in [-0.4, -0.2) is 17.4 Å². The summed E-state index contributed by atoms with van der Waals surface area (Å²) in [6, 6.07) is 1.81. The Labute approximate surface area is 96.6 Å². The van der Waals surface area contributed by atoms with Gasteiger partial charge in [-0.1, -0.05) is 0 Å². The lowest BCUT2D eigenvalue weighted by molar-refractivity contribution is -0.117. The third-order valence-corrected chi connectivity index (χ3v) is 3.01. The summed E-state index contributed by atoms with van der Waals surface area (Å²) >= 11 is 3.37. The Hall–Kier alpha value is -1.34. The summed E-state index contributed by atoms with van der Waals surface area (Å²) in [5, 5.41) is 0. The molecule has 3 nitrogen and oxygen atoms in total. The Bertz CT molecular complexity index is 438. The second kappa shape index (κ2) is 4.03. The summed E-state index contributed by atoms with van der Waals surface area (Å²) in [5.41, 5.74) is 0.841. The fourth-order valence-electron chi connectivity index (χ4n) is 1.64. The molecular formula is C11H9BrN2O. The molecule has 15 heavy (non-hydrogen) atoms. The number of hydrogen-bond donors (Lipinski definition) is 0. The average Bonchev–Trinajstić information content (AvgIpc) is 2.60. The molecular weight excluding hydrogens is 256 g/mol. The van der Waals surface area contributed by atoms with Gasteiger partial charge < -0.3 is 4.90 Å². The minimum atomic E-state index is 0.0255. The van der Waals surface area contributed by atoms with Gasteiger partial charge in [-0.2, -0.15) is 0 Å². The maximum absolute atomic E-state index is 11.7. The Kier molecular flexibility index (Phi) is 2.74. The maximum atomic E-state index is 11.7. The van der Waals surface area contributed by atoms with Crippen LogP contribution in [0.15, 0.2) is 22.9 Å². The predicted molar refractivity (Wildman–Crippen MR) is 61.2 cm³/mol. The summed E-state index contributed by atoms with van der Waals surface area (Å²) in [6.07, 6.45) is 9.09. The van der Waals surface area contributed by atoms with Crippen LogP contribution in [0.3, 0.4) is 0 Å². The Morgan fingerprint density at radius 3 is 3.07 bits per heavy atom. The number of terminal acetylenes is 1. The van der Waals surface area contributed by atoms with Crippen molar-refractivity contribution in [2.24, 2.45) is 5.92 Å².